The highest BCUT2D eigenvalue weighted by molar-refractivity contribution is 7.99. The molecule has 0 saturated heterocycles. The maximum Gasteiger partial charge on any atom is 0.408 e. The van der Waals surface area contributed by atoms with Gasteiger partial charge in [-0.05, 0) is 63.4 Å². The zero-order valence-electron chi connectivity index (χ0n) is 19.7. The van der Waals surface area contributed by atoms with Gasteiger partial charge in [0.15, 0.2) is 0 Å². The second-order valence-electron chi connectivity index (χ2n) is 9.61. The SMILES string of the molecule is CC(C)(C)OC(=O)N[C@H]1CSc2cc(F)c(C(=O)NC3CC3)cc2N(Cc2ccc(Cl)cc2)C1=O. The minimum absolute atomic E-state index is 0.0595. The quantitative estimate of drug-likeness (QED) is 0.586. The molecule has 0 aromatic heterocycles. The Bertz CT molecular complexity index is 1150. The van der Waals surface area contributed by atoms with Crippen LogP contribution in [0.2, 0.25) is 5.02 Å². The van der Waals surface area contributed by atoms with Gasteiger partial charge < -0.3 is 20.3 Å². The molecule has 1 fully saturated rings. The lowest BCUT2D eigenvalue weighted by atomic mass is 10.1. The molecule has 2 aliphatic rings. The van der Waals surface area contributed by atoms with Crippen molar-refractivity contribution in [2.75, 3.05) is 10.7 Å². The van der Waals surface area contributed by atoms with Crippen molar-refractivity contribution in [2.24, 2.45) is 0 Å². The average molecular weight is 520 g/mol. The molecule has 3 amide bonds. The predicted octanol–water partition coefficient (Wildman–Crippen LogP) is 4.90. The molecule has 0 spiro atoms. The van der Waals surface area contributed by atoms with Gasteiger partial charge in [-0.2, -0.15) is 0 Å². The lowest BCUT2D eigenvalue weighted by Crippen LogP contribution is -2.50. The number of carbonyl (C=O) groups excluding carboxylic acids is 3. The minimum atomic E-state index is -0.915. The Labute approximate surface area is 212 Å². The fourth-order valence-corrected chi connectivity index (χ4v) is 4.78. The molecule has 186 valence electrons. The van der Waals surface area contributed by atoms with E-state index < -0.39 is 35.4 Å². The molecule has 1 saturated carbocycles. The Hall–Kier alpha value is -2.78. The van der Waals surface area contributed by atoms with Gasteiger partial charge in [0.05, 0.1) is 17.8 Å². The van der Waals surface area contributed by atoms with Crippen molar-refractivity contribution in [1.82, 2.24) is 10.6 Å². The van der Waals surface area contributed by atoms with Gasteiger partial charge in [0.25, 0.3) is 11.8 Å². The number of nitrogens with zero attached hydrogens (tertiary/aromatic N) is 1. The molecule has 0 unspecified atom stereocenters. The van der Waals surface area contributed by atoms with Gasteiger partial charge in [-0.15, -0.1) is 11.8 Å². The number of hydrogen-bond donors (Lipinski definition) is 2. The van der Waals surface area contributed by atoms with Crippen molar-refractivity contribution < 1.29 is 23.5 Å². The van der Waals surface area contributed by atoms with Crippen molar-refractivity contribution >= 4 is 47.0 Å². The number of benzene rings is 2. The molecular weight excluding hydrogens is 493 g/mol. The molecule has 35 heavy (non-hydrogen) atoms. The van der Waals surface area contributed by atoms with Crippen molar-refractivity contribution in [3.05, 3.63) is 58.4 Å². The maximum atomic E-state index is 14.9. The molecule has 0 bridgehead atoms. The van der Waals surface area contributed by atoms with Crippen LogP contribution in [0.4, 0.5) is 14.9 Å². The highest BCUT2D eigenvalue weighted by Crippen LogP contribution is 2.37. The first-order valence-corrected chi connectivity index (χ1v) is 12.7. The number of fused-ring (bicyclic) bond motifs is 1. The number of nitrogens with one attached hydrogen (secondary N) is 2. The largest absolute Gasteiger partial charge is 0.444 e. The van der Waals surface area contributed by atoms with E-state index in [0.29, 0.717) is 15.6 Å². The first kappa shape index (κ1) is 25.3. The van der Waals surface area contributed by atoms with Crippen LogP contribution in [0.25, 0.3) is 0 Å². The Morgan fingerprint density at radius 3 is 2.49 bits per heavy atom. The zero-order chi connectivity index (χ0) is 25.3. The van der Waals surface area contributed by atoms with E-state index in [2.05, 4.69) is 10.6 Å². The van der Waals surface area contributed by atoms with E-state index in [1.807, 2.05) is 0 Å². The minimum Gasteiger partial charge on any atom is -0.444 e. The van der Waals surface area contributed by atoms with Gasteiger partial charge in [-0.25, -0.2) is 9.18 Å². The summed E-state index contributed by atoms with van der Waals surface area (Å²) in [6.45, 7) is 5.34. The van der Waals surface area contributed by atoms with Gasteiger partial charge in [0, 0.05) is 21.7 Å². The highest BCUT2D eigenvalue weighted by Gasteiger charge is 2.35. The van der Waals surface area contributed by atoms with E-state index in [1.165, 1.54) is 28.8 Å². The van der Waals surface area contributed by atoms with E-state index in [-0.39, 0.29) is 23.9 Å². The Morgan fingerprint density at radius 2 is 1.86 bits per heavy atom. The summed E-state index contributed by atoms with van der Waals surface area (Å²) in [5.41, 5.74) is 0.337. The maximum absolute atomic E-state index is 14.9. The molecule has 1 atom stereocenters. The van der Waals surface area contributed by atoms with Crippen LogP contribution in [0.15, 0.2) is 41.3 Å². The Balaban J connectivity index is 1.68. The standard InChI is InChI=1S/C25H27ClFN3O4S/c1-25(2,3)34-24(33)29-19-13-35-21-11-18(27)17(22(31)28-16-8-9-16)10-20(21)30(23(19)32)12-14-4-6-15(26)7-5-14/h4-7,10-11,16,19H,8-9,12-13H2,1-3H3,(H,28,31)(H,29,33)/t19-/m0/s1. The monoisotopic (exact) mass is 519 g/mol. The molecule has 7 nitrogen and oxygen atoms in total. The van der Waals surface area contributed by atoms with Crippen molar-refractivity contribution in [3.8, 4) is 0 Å². The van der Waals surface area contributed by atoms with Crippen LogP contribution in [0, 0.1) is 5.82 Å². The van der Waals surface area contributed by atoms with E-state index in [0.717, 1.165) is 18.4 Å². The molecule has 2 aromatic carbocycles. The van der Waals surface area contributed by atoms with Gasteiger partial charge >= 0.3 is 6.09 Å². The number of alkyl carbamates (subject to hydrolysis) is 1. The smallest absolute Gasteiger partial charge is 0.408 e. The second kappa shape index (κ2) is 10.1. The fourth-order valence-electron chi connectivity index (χ4n) is 3.57. The third-order valence-corrected chi connectivity index (χ3v) is 6.80. The van der Waals surface area contributed by atoms with Crippen molar-refractivity contribution in [2.45, 2.75) is 62.7 Å². The zero-order valence-corrected chi connectivity index (χ0v) is 21.3. The highest BCUT2D eigenvalue weighted by atomic mass is 35.5. The number of carbonyl (C=O) groups is 3. The summed E-state index contributed by atoms with van der Waals surface area (Å²) in [4.78, 5) is 40.7. The lowest BCUT2D eigenvalue weighted by Gasteiger charge is -2.27. The van der Waals surface area contributed by atoms with Crippen LogP contribution < -0.4 is 15.5 Å². The second-order valence-corrected chi connectivity index (χ2v) is 11.1. The Kier molecular flexibility index (Phi) is 7.28. The van der Waals surface area contributed by atoms with Crippen LogP contribution in [0.5, 0.6) is 0 Å². The average Bonchev–Trinajstić information content (AvgIpc) is 3.59. The number of anilines is 1. The third kappa shape index (κ3) is 6.46. The summed E-state index contributed by atoms with van der Waals surface area (Å²) >= 11 is 7.25. The predicted molar refractivity (Wildman–Crippen MR) is 133 cm³/mol. The molecule has 4 rings (SSSR count). The number of hydrogen-bond acceptors (Lipinski definition) is 5. The Morgan fingerprint density at radius 1 is 1.17 bits per heavy atom. The molecule has 1 heterocycles. The third-order valence-electron chi connectivity index (χ3n) is 5.41. The van der Waals surface area contributed by atoms with Gasteiger partial charge in [-0.1, -0.05) is 23.7 Å². The summed E-state index contributed by atoms with van der Waals surface area (Å²) in [6.07, 6.45) is 1.02. The van der Waals surface area contributed by atoms with Crippen LogP contribution in [0.3, 0.4) is 0 Å². The summed E-state index contributed by atoms with van der Waals surface area (Å²) in [6, 6.07) is 8.83. The number of amides is 3. The molecule has 1 aliphatic carbocycles. The van der Waals surface area contributed by atoms with Gasteiger partial charge in [0.2, 0.25) is 0 Å². The first-order chi connectivity index (χ1) is 16.5. The van der Waals surface area contributed by atoms with Gasteiger partial charge in [0.1, 0.15) is 17.5 Å². The normalized spacial score (nSPS) is 17.9. The summed E-state index contributed by atoms with van der Waals surface area (Å²) in [7, 11) is 0. The van der Waals surface area contributed by atoms with Crippen LogP contribution >= 0.6 is 23.4 Å². The lowest BCUT2D eigenvalue weighted by molar-refractivity contribution is -0.120. The van der Waals surface area contributed by atoms with Crippen molar-refractivity contribution in [1.29, 1.82) is 0 Å². The number of ether oxygens (including phenoxy) is 1. The van der Waals surface area contributed by atoms with Crippen LogP contribution in [0.1, 0.15) is 49.5 Å². The van der Waals surface area contributed by atoms with E-state index in [1.54, 1.807) is 45.0 Å². The molecule has 10 heteroatoms. The van der Waals surface area contributed by atoms with Crippen LogP contribution in [-0.4, -0.2) is 41.3 Å². The van der Waals surface area contributed by atoms with Crippen molar-refractivity contribution in [3.63, 3.8) is 0 Å². The van der Waals surface area contributed by atoms with E-state index >= 15 is 0 Å². The van der Waals surface area contributed by atoms with Gasteiger partial charge in [-0.3, -0.25) is 9.59 Å². The van der Waals surface area contributed by atoms with E-state index in [4.69, 9.17) is 16.3 Å². The molecule has 2 aromatic rings. The number of halogens is 2. The summed E-state index contributed by atoms with van der Waals surface area (Å²) in [5, 5.41) is 5.99. The van der Waals surface area contributed by atoms with E-state index in [9.17, 15) is 18.8 Å². The molecular formula is C25H27ClFN3O4S. The molecule has 2 N–H and O–H groups in total. The van der Waals surface area contributed by atoms with Crippen LogP contribution in [-0.2, 0) is 16.1 Å². The first-order valence-electron chi connectivity index (χ1n) is 11.3. The summed E-state index contributed by atoms with van der Waals surface area (Å²) in [5.74, 6) is -1.39. The number of thioether (sulfide) groups is 1. The fraction of sp³-hybridized carbons (Fsp3) is 0.400. The molecule has 1 aliphatic heterocycles. The topological polar surface area (TPSA) is 87.7 Å². The molecule has 0 radical (unpaired) electrons. The summed E-state index contributed by atoms with van der Waals surface area (Å²) < 4.78 is 20.3. The number of rotatable bonds is 5.